The predicted octanol–water partition coefficient (Wildman–Crippen LogP) is 1.01. The molecular formula is C15H24N4O3. The number of hydrogen-bond donors (Lipinski definition) is 0. The zero-order valence-corrected chi connectivity index (χ0v) is 13.3. The zero-order chi connectivity index (χ0) is 15.5. The van der Waals surface area contributed by atoms with Crippen LogP contribution >= 0.6 is 0 Å². The summed E-state index contributed by atoms with van der Waals surface area (Å²) in [5.41, 5.74) is 0. The van der Waals surface area contributed by atoms with E-state index in [-0.39, 0.29) is 17.9 Å². The van der Waals surface area contributed by atoms with Crippen molar-refractivity contribution in [3.05, 3.63) is 11.7 Å². The van der Waals surface area contributed by atoms with Crippen molar-refractivity contribution in [2.24, 2.45) is 5.92 Å². The first-order valence-electron chi connectivity index (χ1n) is 8.06. The van der Waals surface area contributed by atoms with Gasteiger partial charge in [-0.1, -0.05) is 5.16 Å². The maximum atomic E-state index is 12.7. The van der Waals surface area contributed by atoms with Crippen LogP contribution in [0.1, 0.15) is 37.5 Å². The van der Waals surface area contributed by atoms with E-state index < -0.39 is 0 Å². The van der Waals surface area contributed by atoms with Crippen molar-refractivity contribution >= 4 is 5.91 Å². The topological polar surface area (TPSA) is 71.7 Å². The molecule has 0 bridgehead atoms. The highest BCUT2D eigenvalue weighted by Gasteiger charge is 2.33. The Bertz CT molecular complexity index is 513. The van der Waals surface area contributed by atoms with Crippen molar-refractivity contribution in [2.45, 2.75) is 32.7 Å². The lowest BCUT2D eigenvalue weighted by Gasteiger charge is -2.37. The van der Waals surface area contributed by atoms with Crippen molar-refractivity contribution in [3.63, 3.8) is 0 Å². The maximum absolute atomic E-state index is 12.7. The number of ether oxygens (including phenoxy) is 1. The zero-order valence-electron chi connectivity index (χ0n) is 13.3. The molecule has 0 aromatic carbocycles. The molecule has 0 radical (unpaired) electrons. The molecule has 2 fully saturated rings. The maximum Gasteiger partial charge on any atom is 0.243 e. The number of nitrogens with zero attached hydrogens (tertiary/aromatic N) is 4. The standard InChI is InChI=1S/C15H24N4O3/c1-11(14-16-12(2)17-22-14)19-5-3-4-13(10-19)15(20)18-6-8-21-9-7-18/h11,13H,3-10H2,1-2H3/t11-,13+/m0/s1. The van der Waals surface area contributed by atoms with E-state index in [0.717, 1.165) is 25.9 Å². The fraction of sp³-hybridized carbons (Fsp3) is 0.800. The summed E-state index contributed by atoms with van der Waals surface area (Å²) in [6.07, 6.45) is 1.99. The molecule has 2 atom stereocenters. The van der Waals surface area contributed by atoms with Gasteiger partial charge in [0.2, 0.25) is 11.8 Å². The predicted molar refractivity (Wildman–Crippen MR) is 79.1 cm³/mol. The Kier molecular flexibility index (Phi) is 4.73. The van der Waals surface area contributed by atoms with Gasteiger partial charge in [0.15, 0.2) is 5.82 Å². The molecule has 7 nitrogen and oxygen atoms in total. The molecule has 0 spiro atoms. The van der Waals surface area contributed by atoms with Crippen molar-refractivity contribution in [2.75, 3.05) is 39.4 Å². The number of hydrogen-bond acceptors (Lipinski definition) is 6. The number of piperidine rings is 1. The molecular weight excluding hydrogens is 284 g/mol. The molecule has 0 saturated carbocycles. The van der Waals surface area contributed by atoms with Gasteiger partial charge in [-0.05, 0) is 33.2 Å². The molecule has 0 aliphatic carbocycles. The Hall–Kier alpha value is -1.47. The molecule has 122 valence electrons. The monoisotopic (exact) mass is 308 g/mol. The molecule has 2 aliphatic heterocycles. The van der Waals surface area contributed by atoms with E-state index in [1.807, 2.05) is 11.8 Å². The third-order valence-electron chi connectivity index (χ3n) is 4.57. The number of aromatic nitrogens is 2. The molecule has 1 aromatic heterocycles. The van der Waals surface area contributed by atoms with E-state index in [2.05, 4.69) is 22.0 Å². The molecule has 22 heavy (non-hydrogen) atoms. The van der Waals surface area contributed by atoms with E-state index in [4.69, 9.17) is 9.26 Å². The van der Waals surface area contributed by atoms with Crippen molar-refractivity contribution in [1.29, 1.82) is 0 Å². The van der Waals surface area contributed by atoms with Gasteiger partial charge in [-0.25, -0.2) is 0 Å². The summed E-state index contributed by atoms with van der Waals surface area (Å²) in [4.78, 5) is 21.2. The summed E-state index contributed by atoms with van der Waals surface area (Å²) in [6.45, 7) is 8.35. The second kappa shape index (κ2) is 6.75. The highest BCUT2D eigenvalue weighted by atomic mass is 16.5. The first-order valence-corrected chi connectivity index (χ1v) is 8.06. The van der Waals surface area contributed by atoms with Crippen molar-refractivity contribution in [3.8, 4) is 0 Å². The molecule has 2 aliphatic rings. The quantitative estimate of drug-likeness (QED) is 0.830. The number of carbonyl (C=O) groups is 1. The average Bonchev–Trinajstić information content (AvgIpc) is 3.01. The average molecular weight is 308 g/mol. The largest absolute Gasteiger partial charge is 0.378 e. The van der Waals surface area contributed by atoms with Crippen molar-refractivity contribution < 1.29 is 14.1 Å². The van der Waals surface area contributed by atoms with Crippen LogP contribution in [-0.2, 0) is 9.53 Å². The van der Waals surface area contributed by atoms with Gasteiger partial charge >= 0.3 is 0 Å². The highest BCUT2D eigenvalue weighted by molar-refractivity contribution is 5.79. The Balaban J connectivity index is 1.62. The molecule has 0 N–H and O–H groups in total. The SMILES string of the molecule is Cc1noc([C@H](C)N2CCC[C@@H](C(=O)N3CCOCC3)C2)n1. The molecule has 3 rings (SSSR count). The van der Waals surface area contributed by atoms with Gasteiger partial charge in [0.05, 0.1) is 25.2 Å². The van der Waals surface area contributed by atoms with Crippen LogP contribution in [-0.4, -0.2) is 65.2 Å². The summed E-state index contributed by atoms with van der Waals surface area (Å²) >= 11 is 0. The van der Waals surface area contributed by atoms with Gasteiger partial charge in [-0.2, -0.15) is 4.98 Å². The van der Waals surface area contributed by atoms with Gasteiger partial charge in [-0.3, -0.25) is 9.69 Å². The second-order valence-corrected chi connectivity index (χ2v) is 6.13. The van der Waals surface area contributed by atoms with Crippen LogP contribution in [0.3, 0.4) is 0 Å². The minimum absolute atomic E-state index is 0.0569. The number of aryl methyl sites for hydroxylation is 1. The summed E-state index contributed by atoms with van der Waals surface area (Å²) in [5.74, 6) is 1.62. The molecule has 1 aromatic rings. The third-order valence-corrected chi connectivity index (χ3v) is 4.57. The Morgan fingerprint density at radius 1 is 1.32 bits per heavy atom. The number of rotatable bonds is 3. The van der Waals surface area contributed by atoms with Crippen LogP contribution in [0.2, 0.25) is 0 Å². The number of likely N-dealkylation sites (tertiary alicyclic amines) is 1. The summed E-state index contributed by atoms with van der Waals surface area (Å²) < 4.78 is 10.6. The fourth-order valence-electron chi connectivity index (χ4n) is 3.24. The summed E-state index contributed by atoms with van der Waals surface area (Å²) in [6, 6.07) is 0.0569. The Labute approximate surface area is 130 Å². The number of carbonyl (C=O) groups excluding carboxylic acids is 1. The van der Waals surface area contributed by atoms with Crippen LogP contribution in [0.4, 0.5) is 0 Å². The van der Waals surface area contributed by atoms with Gasteiger partial charge < -0.3 is 14.2 Å². The van der Waals surface area contributed by atoms with Gasteiger partial charge in [0, 0.05) is 19.6 Å². The number of morpholine rings is 1. The minimum atomic E-state index is 0.0569. The van der Waals surface area contributed by atoms with Crippen LogP contribution in [0.5, 0.6) is 0 Å². The summed E-state index contributed by atoms with van der Waals surface area (Å²) in [5, 5.41) is 3.86. The first-order chi connectivity index (χ1) is 10.6. The molecule has 3 heterocycles. The van der Waals surface area contributed by atoms with Crippen LogP contribution in [0, 0.1) is 12.8 Å². The first kappa shape index (κ1) is 15.4. The summed E-state index contributed by atoms with van der Waals surface area (Å²) in [7, 11) is 0. The van der Waals surface area contributed by atoms with Crippen molar-refractivity contribution in [1.82, 2.24) is 19.9 Å². The van der Waals surface area contributed by atoms with E-state index in [1.165, 1.54) is 0 Å². The third kappa shape index (κ3) is 3.30. The lowest BCUT2D eigenvalue weighted by atomic mass is 9.95. The molecule has 2 saturated heterocycles. The minimum Gasteiger partial charge on any atom is -0.378 e. The van der Waals surface area contributed by atoms with E-state index in [0.29, 0.717) is 38.0 Å². The van der Waals surface area contributed by atoms with E-state index in [1.54, 1.807) is 0 Å². The molecule has 0 unspecified atom stereocenters. The lowest BCUT2D eigenvalue weighted by molar-refractivity contribution is -0.141. The highest BCUT2D eigenvalue weighted by Crippen LogP contribution is 2.27. The Morgan fingerprint density at radius 3 is 2.77 bits per heavy atom. The van der Waals surface area contributed by atoms with E-state index >= 15 is 0 Å². The lowest BCUT2D eigenvalue weighted by Crippen LogP contribution is -2.48. The van der Waals surface area contributed by atoms with Gasteiger partial charge in [-0.15, -0.1) is 0 Å². The normalized spacial score (nSPS) is 25.2. The van der Waals surface area contributed by atoms with Crippen LogP contribution in [0.25, 0.3) is 0 Å². The second-order valence-electron chi connectivity index (χ2n) is 6.13. The smallest absolute Gasteiger partial charge is 0.243 e. The van der Waals surface area contributed by atoms with Crippen LogP contribution in [0.15, 0.2) is 4.52 Å². The Morgan fingerprint density at radius 2 is 2.09 bits per heavy atom. The number of amides is 1. The molecule has 1 amide bonds. The molecule has 7 heteroatoms. The van der Waals surface area contributed by atoms with E-state index in [9.17, 15) is 4.79 Å². The van der Waals surface area contributed by atoms with Gasteiger partial charge in [0.1, 0.15) is 0 Å². The fourth-order valence-corrected chi connectivity index (χ4v) is 3.24. The van der Waals surface area contributed by atoms with Gasteiger partial charge in [0.25, 0.3) is 0 Å². The van der Waals surface area contributed by atoms with Crippen LogP contribution < -0.4 is 0 Å².